The van der Waals surface area contributed by atoms with Gasteiger partial charge in [0.25, 0.3) is 5.91 Å². The second-order valence-corrected chi connectivity index (χ2v) is 8.75. The van der Waals surface area contributed by atoms with Gasteiger partial charge in [-0.05, 0) is 73.9 Å². The van der Waals surface area contributed by atoms with E-state index in [-0.39, 0.29) is 5.91 Å². The second kappa shape index (κ2) is 8.85. The first kappa shape index (κ1) is 19.7. The molecule has 1 amide bonds. The predicted octanol–water partition coefficient (Wildman–Crippen LogP) is 4.93. The number of piperidine rings is 2. The fourth-order valence-corrected chi connectivity index (χ4v) is 4.16. The van der Waals surface area contributed by atoms with Gasteiger partial charge in [-0.1, -0.05) is 13.8 Å². The van der Waals surface area contributed by atoms with Crippen LogP contribution in [0.3, 0.4) is 0 Å². The topological polar surface area (TPSA) is 48.5 Å². The Hall–Kier alpha value is -2.56. The minimum atomic E-state index is 0.0937. The molecule has 0 aliphatic carbocycles. The lowest BCUT2D eigenvalue weighted by molar-refractivity contribution is 0.0697. The average Bonchev–Trinajstić information content (AvgIpc) is 2.76. The van der Waals surface area contributed by atoms with Crippen molar-refractivity contribution in [1.29, 1.82) is 0 Å². The molecule has 5 heteroatoms. The van der Waals surface area contributed by atoms with Crippen molar-refractivity contribution in [3.05, 3.63) is 48.2 Å². The standard InChI is InChI=1S/C24H32N4O/c1-18-9-13-27(14-10-18)22-6-4-21(5-7-22)26-23-8-3-20(17-25-23)24(29)28-15-11-19(2)12-16-28/h3-8,17-19H,9-16H2,1-2H3,(H,25,26). The lowest BCUT2D eigenvalue weighted by Gasteiger charge is -2.32. The smallest absolute Gasteiger partial charge is 0.255 e. The summed E-state index contributed by atoms with van der Waals surface area (Å²) in [6.07, 6.45) is 6.40. The highest BCUT2D eigenvalue weighted by Crippen LogP contribution is 2.25. The molecule has 3 heterocycles. The number of anilines is 3. The summed E-state index contributed by atoms with van der Waals surface area (Å²) in [5.74, 6) is 2.41. The van der Waals surface area contributed by atoms with Crippen LogP contribution in [-0.4, -0.2) is 42.0 Å². The van der Waals surface area contributed by atoms with E-state index in [9.17, 15) is 4.79 Å². The summed E-state index contributed by atoms with van der Waals surface area (Å²) >= 11 is 0. The highest BCUT2D eigenvalue weighted by atomic mass is 16.2. The van der Waals surface area contributed by atoms with Crippen LogP contribution in [0.4, 0.5) is 17.2 Å². The largest absolute Gasteiger partial charge is 0.372 e. The quantitative estimate of drug-likeness (QED) is 0.801. The van der Waals surface area contributed by atoms with Gasteiger partial charge in [-0.15, -0.1) is 0 Å². The molecule has 0 radical (unpaired) electrons. The maximum atomic E-state index is 12.6. The molecule has 2 aliphatic heterocycles. The van der Waals surface area contributed by atoms with Crippen molar-refractivity contribution in [2.75, 3.05) is 36.4 Å². The average molecular weight is 393 g/mol. The third-order valence-corrected chi connectivity index (χ3v) is 6.37. The number of carbonyl (C=O) groups is 1. The molecule has 154 valence electrons. The number of benzene rings is 1. The summed E-state index contributed by atoms with van der Waals surface area (Å²) in [6.45, 7) is 8.57. The lowest BCUT2D eigenvalue weighted by Crippen LogP contribution is -2.37. The normalized spacial score (nSPS) is 18.7. The molecule has 2 fully saturated rings. The molecule has 1 aromatic carbocycles. The van der Waals surface area contributed by atoms with Gasteiger partial charge in [0, 0.05) is 43.8 Å². The van der Waals surface area contributed by atoms with Crippen LogP contribution in [0.1, 0.15) is 49.9 Å². The van der Waals surface area contributed by atoms with Crippen LogP contribution >= 0.6 is 0 Å². The van der Waals surface area contributed by atoms with Gasteiger partial charge in [0.1, 0.15) is 5.82 Å². The van der Waals surface area contributed by atoms with E-state index in [2.05, 4.69) is 53.3 Å². The molecule has 0 bridgehead atoms. The number of rotatable bonds is 4. The lowest BCUT2D eigenvalue weighted by atomic mass is 9.99. The summed E-state index contributed by atoms with van der Waals surface area (Å²) in [5, 5.41) is 3.34. The third kappa shape index (κ3) is 4.89. The maximum absolute atomic E-state index is 12.6. The zero-order valence-electron chi connectivity index (χ0n) is 17.6. The molecule has 1 aromatic heterocycles. The minimum absolute atomic E-state index is 0.0937. The Morgan fingerprint density at radius 2 is 1.52 bits per heavy atom. The van der Waals surface area contributed by atoms with Crippen molar-refractivity contribution in [2.45, 2.75) is 39.5 Å². The Bertz CT molecular complexity index is 802. The van der Waals surface area contributed by atoms with Gasteiger partial charge in [-0.25, -0.2) is 4.98 Å². The molecule has 2 aromatic rings. The first-order valence-electron chi connectivity index (χ1n) is 11.0. The van der Waals surface area contributed by atoms with Crippen LogP contribution in [0, 0.1) is 11.8 Å². The van der Waals surface area contributed by atoms with E-state index in [1.54, 1.807) is 6.20 Å². The number of aromatic nitrogens is 1. The Labute approximate surface area is 174 Å². The fourth-order valence-electron chi connectivity index (χ4n) is 4.16. The van der Waals surface area contributed by atoms with E-state index < -0.39 is 0 Å². The molecule has 0 saturated carbocycles. The van der Waals surface area contributed by atoms with Gasteiger partial charge in [-0.3, -0.25) is 4.79 Å². The Morgan fingerprint density at radius 3 is 2.10 bits per heavy atom. The molecule has 5 nitrogen and oxygen atoms in total. The van der Waals surface area contributed by atoms with Crippen LogP contribution < -0.4 is 10.2 Å². The van der Waals surface area contributed by atoms with E-state index in [0.717, 1.165) is 56.4 Å². The SMILES string of the molecule is CC1CCN(C(=O)c2ccc(Nc3ccc(N4CCC(C)CC4)cc3)nc2)CC1. The Kier molecular flexibility index (Phi) is 6.02. The second-order valence-electron chi connectivity index (χ2n) is 8.75. The number of hydrogen-bond donors (Lipinski definition) is 1. The van der Waals surface area contributed by atoms with Crippen molar-refractivity contribution in [3.63, 3.8) is 0 Å². The monoisotopic (exact) mass is 392 g/mol. The van der Waals surface area contributed by atoms with E-state index in [1.807, 2.05) is 17.0 Å². The minimum Gasteiger partial charge on any atom is -0.372 e. The number of nitrogens with zero attached hydrogens (tertiary/aromatic N) is 3. The van der Waals surface area contributed by atoms with Gasteiger partial charge in [0.15, 0.2) is 0 Å². The zero-order valence-corrected chi connectivity index (χ0v) is 17.6. The molecular weight excluding hydrogens is 360 g/mol. The van der Waals surface area contributed by atoms with E-state index in [4.69, 9.17) is 0 Å². The number of amides is 1. The molecule has 2 saturated heterocycles. The number of carbonyl (C=O) groups excluding carboxylic acids is 1. The Morgan fingerprint density at radius 1 is 0.897 bits per heavy atom. The van der Waals surface area contributed by atoms with E-state index in [0.29, 0.717) is 11.5 Å². The van der Waals surface area contributed by atoms with Gasteiger partial charge in [0.05, 0.1) is 5.56 Å². The molecule has 29 heavy (non-hydrogen) atoms. The number of likely N-dealkylation sites (tertiary alicyclic amines) is 1. The van der Waals surface area contributed by atoms with Gasteiger partial charge < -0.3 is 15.1 Å². The Balaban J connectivity index is 1.34. The highest BCUT2D eigenvalue weighted by Gasteiger charge is 2.21. The fraction of sp³-hybridized carbons (Fsp3) is 0.500. The highest BCUT2D eigenvalue weighted by molar-refractivity contribution is 5.94. The molecule has 0 spiro atoms. The van der Waals surface area contributed by atoms with Crippen molar-refractivity contribution in [2.24, 2.45) is 11.8 Å². The van der Waals surface area contributed by atoms with E-state index >= 15 is 0 Å². The van der Waals surface area contributed by atoms with Crippen LogP contribution in [-0.2, 0) is 0 Å². The molecule has 4 rings (SSSR count). The number of hydrogen-bond acceptors (Lipinski definition) is 4. The van der Waals surface area contributed by atoms with E-state index in [1.165, 1.54) is 18.5 Å². The molecule has 0 unspecified atom stereocenters. The molecule has 1 N–H and O–H groups in total. The maximum Gasteiger partial charge on any atom is 0.255 e. The van der Waals surface area contributed by atoms with Crippen LogP contribution in [0.5, 0.6) is 0 Å². The predicted molar refractivity (Wildman–Crippen MR) is 119 cm³/mol. The van der Waals surface area contributed by atoms with Crippen LogP contribution in [0.2, 0.25) is 0 Å². The van der Waals surface area contributed by atoms with Crippen molar-refractivity contribution in [3.8, 4) is 0 Å². The van der Waals surface area contributed by atoms with Crippen molar-refractivity contribution < 1.29 is 4.79 Å². The summed E-state index contributed by atoms with van der Waals surface area (Å²) in [7, 11) is 0. The summed E-state index contributed by atoms with van der Waals surface area (Å²) in [5.41, 5.74) is 2.96. The summed E-state index contributed by atoms with van der Waals surface area (Å²) in [6, 6.07) is 12.3. The molecular formula is C24H32N4O. The van der Waals surface area contributed by atoms with Crippen molar-refractivity contribution >= 4 is 23.1 Å². The zero-order chi connectivity index (χ0) is 20.2. The number of pyridine rings is 1. The molecule has 0 atom stereocenters. The first-order valence-corrected chi connectivity index (χ1v) is 11.0. The van der Waals surface area contributed by atoms with Gasteiger partial charge in [-0.2, -0.15) is 0 Å². The number of nitrogens with one attached hydrogen (secondary N) is 1. The van der Waals surface area contributed by atoms with Crippen molar-refractivity contribution in [1.82, 2.24) is 9.88 Å². The third-order valence-electron chi connectivity index (χ3n) is 6.37. The van der Waals surface area contributed by atoms with Crippen LogP contribution in [0.15, 0.2) is 42.6 Å². The van der Waals surface area contributed by atoms with Gasteiger partial charge in [0.2, 0.25) is 0 Å². The van der Waals surface area contributed by atoms with Crippen LogP contribution in [0.25, 0.3) is 0 Å². The van der Waals surface area contributed by atoms with Gasteiger partial charge >= 0.3 is 0 Å². The summed E-state index contributed by atoms with van der Waals surface area (Å²) in [4.78, 5) is 21.5. The summed E-state index contributed by atoms with van der Waals surface area (Å²) < 4.78 is 0. The first-order chi connectivity index (χ1) is 14.1. The molecule has 2 aliphatic rings.